The van der Waals surface area contributed by atoms with Gasteiger partial charge in [0.15, 0.2) is 11.5 Å². The van der Waals surface area contributed by atoms with Crippen LogP contribution in [0, 0.1) is 6.92 Å². The van der Waals surface area contributed by atoms with Gasteiger partial charge in [-0.05, 0) is 42.3 Å². The molecule has 3 rings (SSSR count). The number of carboxylic acids is 1. The van der Waals surface area contributed by atoms with Crippen molar-refractivity contribution in [3.63, 3.8) is 0 Å². The Hall–Kier alpha value is -3.28. The highest BCUT2D eigenvalue weighted by atomic mass is 16.5. The van der Waals surface area contributed by atoms with Gasteiger partial charge in [0.2, 0.25) is 0 Å². The number of aromatic nitrogens is 1. The van der Waals surface area contributed by atoms with Gasteiger partial charge in [0.05, 0.1) is 32.6 Å². The highest BCUT2D eigenvalue weighted by molar-refractivity contribution is 6.05. The summed E-state index contributed by atoms with van der Waals surface area (Å²) in [6, 6.07) is 9.42. The number of carbonyl (C=O) groups is 1. The summed E-state index contributed by atoms with van der Waals surface area (Å²) in [5, 5.41) is 10.8. The van der Waals surface area contributed by atoms with Crippen molar-refractivity contribution in [1.29, 1.82) is 0 Å². The molecule has 27 heavy (non-hydrogen) atoms. The lowest BCUT2D eigenvalue weighted by Gasteiger charge is -2.14. The summed E-state index contributed by atoms with van der Waals surface area (Å²) in [4.78, 5) is 16.1. The second-order valence-corrected chi connectivity index (χ2v) is 6.21. The first kappa shape index (κ1) is 18.5. The van der Waals surface area contributed by atoms with Gasteiger partial charge in [-0.15, -0.1) is 0 Å². The number of rotatable bonds is 6. The number of pyridine rings is 1. The highest BCUT2D eigenvalue weighted by Crippen LogP contribution is 2.35. The Morgan fingerprint density at radius 3 is 2.22 bits per heavy atom. The van der Waals surface area contributed by atoms with E-state index < -0.39 is 5.97 Å². The molecule has 2 aromatic carbocycles. The molecule has 0 fully saturated rings. The Morgan fingerprint density at radius 2 is 1.63 bits per heavy atom. The van der Waals surface area contributed by atoms with E-state index in [0.29, 0.717) is 28.7 Å². The number of carboxylic acid groups (broad SMARTS) is 1. The Labute approximate surface area is 157 Å². The van der Waals surface area contributed by atoms with Gasteiger partial charge < -0.3 is 19.3 Å². The van der Waals surface area contributed by atoms with Crippen LogP contribution < -0.4 is 14.2 Å². The molecule has 140 valence electrons. The average molecular weight is 367 g/mol. The molecule has 0 amide bonds. The van der Waals surface area contributed by atoms with Crippen LogP contribution in [0.1, 0.15) is 27.2 Å². The lowest BCUT2D eigenvalue weighted by Crippen LogP contribution is -2.04. The smallest absolute Gasteiger partial charge is 0.337 e. The molecule has 0 aliphatic carbocycles. The largest absolute Gasteiger partial charge is 0.497 e. The summed E-state index contributed by atoms with van der Waals surface area (Å²) in [6.07, 6.45) is 1.92. The average Bonchev–Trinajstić information content (AvgIpc) is 2.66. The third-order valence-electron chi connectivity index (χ3n) is 4.42. The van der Waals surface area contributed by atoms with Gasteiger partial charge in [0, 0.05) is 23.4 Å². The molecule has 0 atom stereocenters. The van der Waals surface area contributed by atoms with Gasteiger partial charge in [0.25, 0.3) is 0 Å². The normalized spacial score (nSPS) is 10.7. The Morgan fingerprint density at radius 1 is 0.963 bits per heavy atom. The van der Waals surface area contributed by atoms with Gasteiger partial charge in [-0.3, -0.25) is 4.98 Å². The molecule has 6 heteroatoms. The van der Waals surface area contributed by atoms with Gasteiger partial charge in [-0.25, -0.2) is 4.79 Å². The molecular formula is C21H21NO5. The van der Waals surface area contributed by atoms with Crippen molar-refractivity contribution in [3.05, 3.63) is 58.9 Å². The minimum absolute atomic E-state index is 0.122. The van der Waals surface area contributed by atoms with E-state index in [9.17, 15) is 9.90 Å². The van der Waals surface area contributed by atoms with Crippen molar-refractivity contribution in [1.82, 2.24) is 4.98 Å². The number of aryl methyl sites for hydroxylation is 1. The maximum absolute atomic E-state index is 11.6. The molecule has 0 saturated heterocycles. The van der Waals surface area contributed by atoms with E-state index in [0.717, 1.165) is 22.6 Å². The molecule has 3 aromatic rings. The summed E-state index contributed by atoms with van der Waals surface area (Å²) in [7, 11) is 4.69. The first-order chi connectivity index (χ1) is 13.0. The van der Waals surface area contributed by atoms with Gasteiger partial charge in [0.1, 0.15) is 5.75 Å². The molecule has 0 saturated carbocycles. The fourth-order valence-corrected chi connectivity index (χ4v) is 3.17. The van der Waals surface area contributed by atoms with Gasteiger partial charge in [-0.2, -0.15) is 0 Å². The highest BCUT2D eigenvalue weighted by Gasteiger charge is 2.17. The molecule has 0 spiro atoms. The van der Waals surface area contributed by atoms with Crippen LogP contribution in [0.2, 0.25) is 0 Å². The van der Waals surface area contributed by atoms with E-state index in [1.54, 1.807) is 26.4 Å². The molecular weight excluding hydrogens is 346 g/mol. The zero-order chi connectivity index (χ0) is 19.6. The fraction of sp³-hybridized carbons (Fsp3) is 0.238. The molecule has 1 aromatic heterocycles. The second kappa shape index (κ2) is 7.53. The predicted octanol–water partition coefficient (Wildman–Crippen LogP) is 3.86. The van der Waals surface area contributed by atoms with E-state index in [4.69, 9.17) is 14.2 Å². The summed E-state index contributed by atoms with van der Waals surface area (Å²) < 4.78 is 16.1. The molecule has 1 heterocycles. The van der Waals surface area contributed by atoms with Crippen LogP contribution in [0.25, 0.3) is 10.8 Å². The monoisotopic (exact) mass is 367 g/mol. The number of fused-ring (bicyclic) bond motifs is 1. The number of hydrogen-bond acceptors (Lipinski definition) is 5. The molecule has 0 unspecified atom stereocenters. The van der Waals surface area contributed by atoms with Crippen LogP contribution in [-0.4, -0.2) is 37.4 Å². The Balaban J connectivity index is 2.20. The zero-order valence-corrected chi connectivity index (χ0v) is 15.7. The zero-order valence-electron chi connectivity index (χ0n) is 15.7. The van der Waals surface area contributed by atoms with Crippen molar-refractivity contribution < 1.29 is 24.1 Å². The topological polar surface area (TPSA) is 77.9 Å². The SMILES string of the molecule is COc1cc(C)cc(Cc2ncc(C(=O)O)c3cc(OC)c(OC)cc23)c1. The minimum atomic E-state index is -1.04. The third-order valence-corrected chi connectivity index (χ3v) is 4.42. The summed E-state index contributed by atoms with van der Waals surface area (Å²) in [6.45, 7) is 2.00. The van der Waals surface area contributed by atoms with E-state index in [1.807, 2.05) is 19.1 Å². The lowest BCUT2D eigenvalue weighted by molar-refractivity contribution is 0.0698. The lowest BCUT2D eigenvalue weighted by atomic mass is 9.99. The molecule has 1 N–H and O–H groups in total. The van der Waals surface area contributed by atoms with Crippen molar-refractivity contribution in [2.75, 3.05) is 21.3 Å². The Bertz CT molecular complexity index is 1010. The summed E-state index contributed by atoms with van der Waals surface area (Å²) >= 11 is 0. The van der Waals surface area contributed by atoms with Crippen molar-refractivity contribution >= 4 is 16.7 Å². The van der Waals surface area contributed by atoms with Crippen LogP contribution in [-0.2, 0) is 6.42 Å². The summed E-state index contributed by atoms with van der Waals surface area (Å²) in [5.74, 6) is 0.735. The summed E-state index contributed by atoms with van der Waals surface area (Å²) in [5.41, 5.74) is 2.98. The molecule has 0 aliphatic heterocycles. The van der Waals surface area contributed by atoms with Gasteiger partial charge in [-0.1, -0.05) is 6.07 Å². The maximum Gasteiger partial charge on any atom is 0.337 e. The predicted molar refractivity (Wildman–Crippen MR) is 102 cm³/mol. The number of hydrogen-bond donors (Lipinski definition) is 1. The van der Waals surface area contributed by atoms with Crippen molar-refractivity contribution in [2.45, 2.75) is 13.3 Å². The number of methoxy groups -OCH3 is 3. The first-order valence-corrected chi connectivity index (χ1v) is 8.38. The van der Waals surface area contributed by atoms with E-state index >= 15 is 0 Å². The Kier molecular flexibility index (Phi) is 5.16. The molecule has 0 bridgehead atoms. The molecule has 0 radical (unpaired) electrons. The van der Waals surface area contributed by atoms with Crippen LogP contribution >= 0.6 is 0 Å². The van der Waals surface area contributed by atoms with Crippen LogP contribution in [0.4, 0.5) is 0 Å². The van der Waals surface area contributed by atoms with Crippen LogP contribution in [0.15, 0.2) is 36.5 Å². The molecule has 6 nitrogen and oxygen atoms in total. The van der Waals surface area contributed by atoms with Gasteiger partial charge >= 0.3 is 5.97 Å². The van der Waals surface area contributed by atoms with Crippen LogP contribution in [0.5, 0.6) is 17.2 Å². The second-order valence-electron chi connectivity index (χ2n) is 6.21. The number of ether oxygens (including phenoxy) is 3. The molecule has 0 aliphatic rings. The maximum atomic E-state index is 11.6. The third kappa shape index (κ3) is 3.65. The number of nitrogens with zero attached hydrogens (tertiary/aromatic N) is 1. The number of aromatic carboxylic acids is 1. The fourth-order valence-electron chi connectivity index (χ4n) is 3.17. The van der Waals surface area contributed by atoms with E-state index in [-0.39, 0.29) is 5.56 Å². The van der Waals surface area contributed by atoms with E-state index in [1.165, 1.54) is 13.3 Å². The quantitative estimate of drug-likeness (QED) is 0.713. The van der Waals surface area contributed by atoms with Crippen molar-refractivity contribution in [3.8, 4) is 17.2 Å². The standard InChI is InChI=1S/C21H21NO5/c1-12-5-13(7-14(6-12)25-2)8-18-16-10-20(27-4)19(26-3)9-15(16)17(11-22-18)21(23)24/h5-7,9-11H,8H2,1-4H3,(H,23,24). The minimum Gasteiger partial charge on any atom is -0.497 e. The number of benzene rings is 2. The van der Waals surface area contributed by atoms with Crippen LogP contribution in [0.3, 0.4) is 0 Å². The first-order valence-electron chi connectivity index (χ1n) is 8.38. The van der Waals surface area contributed by atoms with E-state index in [2.05, 4.69) is 11.1 Å². The van der Waals surface area contributed by atoms with Crippen molar-refractivity contribution in [2.24, 2.45) is 0 Å².